The minimum absolute atomic E-state index is 0.0857. The fourth-order valence-corrected chi connectivity index (χ4v) is 4.39. The predicted octanol–water partition coefficient (Wildman–Crippen LogP) is 3.19. The maximum atomic E-state index is 14.6. The molecule has 2 heterocycles. The molecule has 0 unspecified atom stereocenters. The Morgan fingerprint density at radius 1 is 1.23 bits per heavy atom. The largest absolute Gasteiger partial charge is 0.494 e. The van der Waals surface area contributed by atoms with Crippen molar-refractivity contribution >= 4 is 35.6 Å². The molecule has 2 aromatic heterocycles. The zero-order valence-electron chi connectivity index (χ0n) is 17.9. The van der Waals surface area contributed by atoms with Crippen LogP contribution in [-0.4, -0.2) is 46.2 Å². The first kappa shape index (κ1) is 22.4. The molecular formula is C20H24FN6O3P. The zero-order valence-corrected chi connectivity index (χ0v) is 18.8. The summed E-state index contributed by atoms with van der Waals surface area (Å²) in [6.45, 7) is 4.97. The summed E-state index contributed by atoms with van der Waals surface area (Å²) in [4.78, 5) is 12.3. The van der Waals surface area contributed by atoms with Crippen molar-refractivity contribution in [1.29, 1.82) is 0 Å². The molecule has 0 aliphatic carbocycles. The van der Waals surface area contributed by atoms with E-state index in [0.717, 1.165) is 0 Å². The second kappa shape index (κ2) is 8.47. The molecule has 0 aliphatic heterocycles. The molecule has 11 heteroatoms. The number of hydrogen-bond acceptors (Lipinski definition) is 8. The van der Waals surface area contributed by atoms with E-state index in [0.29, 0.717) is 22.4 Å². The maximum absolute atomic E-state index is 14.6. The Morgan fingerprint density at radius 3 is 2.52 bits per heavy atom. The second-order valence-corrected chi connectivity index (χ2v) is 10.5. The van der Waals surface area contributed by atoms with Crippen LogP contribution in [-0.2, 0) is 11.6 Å². The molecule has 0 aliphatic rings. The monoisotopic (exact) mass is 446 g/mol. The Morgan fingerprint density at radius 2 is 1.94 bits per heavy atom. The summed E-state index contributed by atoms with van der Waals surface area (Å²) in [5, 5.41) is 15.0. The van der Waals surface area contributed by atoms with Crippen LogP contribution in [0, 0.1) is 5.82 Å². The van der Waals surface area contributed by atoms with Crippen LogP contribution >= 0.6 is 7.14 Å². The van der Waals surface area contributed by atoms with Gasteiger partial charge in [-0.3, -0.25) is 9.48 Å². The second-order valence-electron chi connectivity index (χ2n) is 7.33. The summed E-state index contributed by atoms with van der Waals surface area (Å²) < 4.78 is 34.2. The molecule has 3 N–H and O–H groups in total. The van der Waals surface area contributed by atoms with Crippen molar-refractivity contribution in [3.63, 3.8) is 0 Å². The Balaban J connectivity index is 2.16. The number of nitrogen functional groups attached to an aromatic ring is 1. The molecule has 9 nitrogen and oxygen atoms in total. The number of carbonyl (C=O) groups is 1. The topological polar surface area (TPSA) is 125 Å². The lowest BCUT2D eigenvalue weighted by Gasteiger charge is -2.16. The van der Waals surface area contributed by atoms with Crippen molar-refractivity contribution in [2.45, 2.75) is 13.3 Å². The highest BCUT2D eigenvalue weighted by Crippen LogP contribution is 2.41. The first-order valence-electron chi connectivity index (χ1n) is 9.46. The van der Waals surface area contributed by atoms with Gasteiger partial charge in [0.05, 0.1) is 29.6 Å². The van der Waals surface area contributed by atoms with Gasteiger partial charge in [-0.1, -0.05) is 6.92 Å². The SMILES string of the molecule is CCC(=O)c1nnc(N)cc1Nc1cc(F)cc(-c2cc(P(C)(C)=O)n(C)n2)c1OC. The third-order valence-corrected chi connectivity index (χ3v) is 6.13. The number of aryl methyl sites for hydroxylation is 1. The van der Waals surface area contributed by atoms with Gasteiger partial charge in [0.2, 0.25) is 0 Å². The number of Topliss-reactive ketones (excluding diaryl/α,β-unsaturated/α-hetero) is 1. The number of ether oxygens (including phenoxy) is 1. The average molecular weight is 446 g/mol. The standard InChI is InChI=1S/C20H24FN6O3P/c1-6-16(28)19-14(9-17(22)24-25-19)23-15-8-11(21)7-12(20(15)30-3)13-10-18(27(2)26-13)31(4,5)29/h7-10H,6H2,1-5H3,(H3,22,23,24). The van der Waals surface area contributed by atoms with Crippen LogP contribution in [0.15, 0.2) is 24.3 Å². The van der Waals surface area contributed by atoms with Gasteiger partial charge in [0.15, 0.2) is 17.2 Å². The zero-order chi connectivity index (χ0) is 22.9. The summed E-state index contributed by atoms with van der Waals surface area (Å²) >= 11 is 0. The number of ketones is 1. The number of hydrogen-bond donors (Lipinski definition) is 2. The Labute approximate surface area is 179 Å². The van der Waals surface area contributed by atoms with Crippen LogP contribution in [0.1, 0.15) is 23.8 Å². The van der Waals surface area contributed by atoms with Gasteiger partial charge >= 0.3 is 0 Å². The maximum Gasteiger partial charge on any atom is 0.184 e. The molecule has 0 amide bonds. The van der Waals surface area contributed by atoms with Gasteiger partial charge in [-0.05, 0) is 25.5 Å². The number of anilines is 3. The average Bonchev–Trinajstić information content (AvgIpc) is 3.09. The van der Waals surface area contributed by atoms with E-state index in [2.05, 4.69) is 20.6 Å². The summed E-state index contributed by atoms with van der Waals surface area (Å²) in [7, 11) is 0.516. The number of nitrogens with zero attached hydrogens (tertiary/aromatic N) is 4. The lowest BCUT2D eigenvalue weighted by atomic mass is 10.1. The highest BCUT2D eigenvalue weighted by molar-refractivity contribution is 7.69. The molecule has 0 saturated heterocycles. The van der Waals surface area contributed by atoms with E-state index < -0.39 is 13.0 Å². The van der Waals surface area contributed by atoms with Crippen molar-refractivity contribution in [3.8, 4) is 17.0 Å². The van der Waals surface area contributed by atoms with E-state index >= 15 is 0 Å². The highest BCUT2D eigenvalue weighted by Gasteiger charge is 2.23. The van der Waals surface area contributed by atoms with E-state index in [1.807, 2.05) is 0 Å². The normalized spacial score (nSPS) is 11.4. The number of rotatable bonds is 7. The first-order valence-corrected chi connectivity index (χ1v) is 12.1. The van der Waals surface area contributed by atoms with Gasteiger partial charge in [-0.25, -0.2) is 4.39 Å². The van der Waals surface area contributed by atoms with Crippen LogP contribution in [0.2, 0.25) is 0 Å². The van der Waals surface area contributed by atoms with Crippen LogP contribution < -0.4 is 21.2 Å². The molecule has 3 aromatic rings. The molecule has 0 fully saturated rings. The molecule has 1 aromatic carbocycles. The quantitative estimate of drug-likeness (QED) is 0.419. The van der Waals surface area contributed by atoms with Crippen molar-refractivity contribution in [2.75, 3.05) is 31.5 Å². The third kappa shape index (κ3) is 4.59. The number of nitrogens with one attached hydrogen (secondary N) is 1. The Bertz CT molecular complexity index is 1200. The van der Waals surface area contributed by atoms with Crippen LogP contribution in [0.5, 0.6) is 5.75 Å². The summed E-state index contributed by atoms with van der Waals surface area (Å²) in [5.41, 5.74) is 7.66. The van der Waals surface area contributed by atoms with Crippen molar-refractivity contribution in [1.82, 2.24) is 20.0 Å². The van der Waals surface area contributed by atoms with E-state index in [4.69, 9.17) is 10.5 Å². The number of halogens is 1. The van der Waals surface area contributed by atoms with Gasteiger partial charge in [-0.15, -0.1) is 10.2 Å². The summed E-state index contributed by atoms with van der Waals surface area (Å²) in [6, 6.07) is 5.61. The number of benzene rings is 1. The van der Waals surface area contributed by atoms with E-state index in [9.17, 15) is 13.8 Å². The number of aromatic nitrogens is 4. The first-order chi connectivity index (χ1) is 14.5. The molecule has 0 radical (unpaired) electrons. The minimum Gasteiger partial charge on any atom is -0.494 e. The fraction of sp³-hybridized carbons (Fsp3) is 0.300. The van der Waals surface area contributed by atoms with Gasteiger partial charge in [0, 0.05) is 31.2 Å². The van der Waals surface area contributed by atoms with Crippen LogP contribution in [0.25, 0.3) is 11.3 Å². The fourth-order valence-electron chi connectivity index (χ4n) is 3.21. The van der Waals surface area contributed by atoms with Crippen LogP contribution in [0.3, 0.4) is 0 Å². The van der Waals surface area contributed by atoms with Gasteiger partial charge in [0.1, 0.15) is 18.8 Å². The van der Waals surface area contributed by atoms with Crippen molar-refractivity contribution in [3.05, 3.63) is 35.8 Å². The van der Waals surface area contributed by atoms with Crippen molar-refractivity contribution in [2.24, 2.45) is 7.05 Å². The lowest BCUT2D eigenvalue weighted by molar-refractivity contribution is 0.0983. The number of methoxy groups -OCH3 is 1. The summed E-state index contributed by atoms with van der Waals surface area (Å²) in [5.74, 6) is -0.415. The molecule has 0 saturated carbocycles. The molecule has 164 valence electrons. The molecular weight excluding hydrogens is 422 g/mol. The predicted molar refractivity (Wildman–Crippen MR) is 119 cm³/mol. The highest BCUT2D eigenvalue weighted by atomic mass is 31.2. The van der Waals surface area contributed by atoms with Gasteiger partial charge in [0.25, 0.3) is 0 Å². The van der Waals surface area contributed by atoms with E-state index in [1.54, 1.807) is 33.4 Å². The molecule has 0 spiro atoms. The van der Waals surface area contributed by atoms with E-state index in [1.165, 1.54) is 30.0 Å². The van der Waals surface area contributed by atoms with Gasteiger partial charge < -0.3 is 20.4 Å². The van der Waals surface area contributed by atoms with Crippen molar-refractivity contribution < 1.29 is 18.5 Å². The Hall–Kier alpha value is -3.26. The molecule has 0 bridgehead atoms. The molecule has 3 rings (SSSR count). The lowest BCUT2D eigenvalue weighted by Crippen LogP contribution is -2.13. The number of carbonyl (C=O) groups excluding carboxylic acids is 1. The van der Waals surface area contributed by atoms with Gasteiger partial charge in [-0.2, -0.15) is 5.10 Å². The smallest absolute Gasteiger partial charge is 0.184 e. The van der Waals surface area contributed by atoms with E-state index in [-0.39, 0.29) is 35.1 Å². The third-order valence-electron chi connectivity index (χ3n) is 4.61. The Kier molecular flexibility index (Phi) is 6.13. The minimum atomic E-state index is -2.60. The number of nitrogens with two attached hydrogens (primary N) is 1. The molecule has 0 atom stereocenters. The van der Waals surface area contributed by atoms with Crippen LogP contribution in [0.4, 0.5) is 21.6 Å². The summed E-state index contributed by atoms with van der Waals surface area (Å²) in [6.07, 6.45) is 0.212. The molecule has 31 heavy (non-hydrogen) atoms.